The average molecular weight is 434 g/mol. The van der Waals surface area contributed by atoms with Crippen molar-refractivity contribution in [2.75, 3.05) is 25.1 Å². The third kappa shape index (κ3) is 4.28. The highest BCUT2D eigenvalue weighted by atomic mass is 19.1. The van der Waals surface area contributed by atoms with Crippen LogP contribution in [0.25, 0.3) is 16.6 Å². The predicted molar refractivity (Wildman–Crippen MR) is 125 cm³/mol. The van der Waals surface area contributed by atoms with Crippen molar-refractivity contribution in [2.45, 2.75) is 33.6 Å². The van der Waals surface area contributed by atoms with Crippen molar-refractivity contribution in [3.63, 3.8) is 0 Å². The van der Waals surface area contributed by atoms with Crippen LogP contribution in [0.1, 0.15) is 30.3 Å². The maximum atomic E-state index is 14.9. The van der Waals surface area contributed by atoms with Gasteiger partial charge in [-0.15, -0.1) is 5.10 Å². The van der Waals surface area contributed by atoms with Gasteiger partial charge in [0.15, 0.2) is 11.6 Å². The van der Waals surface area contributed by atoms with Crippen molar-refractivity contribution < 1.29 is 9.13 Å². The summed E-state index contributed by atoms with van der Waals surface area (Å²) < 4.78 is 21.9. The summed E-state index contributed by atoms with van der Waals surface area (Å²) in [5.74, 6) is 0.816. The highest BCUT2D eigenvalue weighted by Gasteiger charge is 2.20. The normalized spacial score (nSPS) is 11.2. The first-order valence-electron chi connectivity index (χ1n) is 10.9. The Labute approximate surface area is 187 Å². The Kier molecular flexibility index (Phi) is 6.35. The van der Waals surface area contributed by atoms with Crippen LogP contribution in [0.15, 0.2) is 48.5 Å². The van der Waals surface area contributed by atoms with Crippen LogP contribution in [0.2, 0.25) is 0 Å². The lowest BCUT2D eigenvalue weighted by molar-refractivity contribution is 0.338. The second kappa shape index (κ2) is 9.34. The summed E-state index contributed by atoms with van der Waals surface area (Å²) >= 11 is 0. The van der Waals surface area contributed by atoms with E-state index in [9.17, 15) is 4.39 Å². The van der Waals surface area contributed by atoms with Gasteiger partial charge in [-0.05, 0) is 51.3 Å². The van der Waals surface area contributed by atoms with Gasteiger partial charge in [-0.2, -0.15) is 10.2 Å². The van der Waals surface area contributed by atoms with E-state index in [-0.39, 0.29) is 5.82 Å². The van der Waals surface area contributed by atoms with Crippen LogP contribution in [0.5, 0.6) is 5.75 Å². The van der Waals surface area contributed by atoms with E-state index in [1.165, 1.54) is 11.6 Å². The zero-order valence-corrected chi connectivity index (χ0v) is 19.0. The first-order chi connectivity index (χ1) is 15.5. The number of anilines is 1. The van der Waals surface area contributed by atoms with Crippen molar-refractivity contribution in [3.05, 3.63) is 71.3 Å². The number of hydrogen-bond donors (Lipinski definition) is 0. The average Bonchev–Trinajstić information content (AvgIpc) is 3.13. The molecule has 0 radical (unpaired) electrons. The molecule has 0 bridgehead atoms. The van der Waals surface area contributed by atoms with Gasteiger partial charge in [0.05, 0.1) is 23.4 Å². The van der Waals surface area contributed by atoms with Crippen molar-refractivity contribution in [3.8, 4) is 11.4 Å². The van der Waals surface area contributed by atoms with Crippen LogP contribution in [0, 0.1) is 19.7 Å². The number of aromatic nitrogens is 4. The van der Waals surface area contributed by atoms with Gasteiger partial charge in [0, 0.05) is 19.7 Å². The monoisotopic (exact) mass is 433 g/mol. The molecule has 0 spiro atoms. The molecule has 0 N–H and O–H groups in total. The van der Waals surface area contributed by atoms with E-state index in [2.05, 4.69) is 39.4 Å². The lowest BCUT2D eigenvalue weighted by atomic mass is 10.1. The smallest absolute Gasteiger partial charge is 0.179 e. The molecule has 0 aliphatic carbocycles. The Balaban J connectivity index is 1.65. The number of hydrogen-bond acceptors (Lipinski definition) is 5. The largest absolute Gasteiger partial charge is 0.494 e. The van der Waals surface area contributed by atoms with E-state index in [4.69, 9.17) is 9.84 Å². The van der Waals surface area contributed by atoms with Crippen molar-refractivity contribution in [2.24, 2.45) is 0 Å². The Bertz CT molecular complexity index is 1220. The molecule has 0 aliphatic heterocycles. The number of halogens is 1. The van der Waals surface area contributed by atoms with Gasteiger partial charge >= 0.3 is 0 Å². The molecule has 4 aromatic rings. The number of ether oxygens (including phenoxy) is 1. The molecule has 0 amide bonds. The van der Waals surface area contributed by atoms with Crippen LogP contribution in [0.3, 0.4) is 0 Å². The molecular weight excluding hydrogens is 405 g/mol. The highest BCUT2D eigenvalue weighted by Crippen LogP contribution is 2.30. The summed E-state index contributed by atoms with van der Waals surface area (Å²) in [6.07, 6.45) is 1.96. The van der Waals surface area contributed by atoms with E-state index in [0.29, 0.717) is 23.9 Å². The standard InChI is InChI=1S/C25H28FN5O/c1-5-32-20-13-14-22(21(26)16-20)31-18(3)23-17(2)27-28-25(24(23)29-31)30(4)15-9-12-19-10-7-6-8-11-19/h6-8,10-11,13-14,16H,5,9,12,15H2,1-4H3. The molecule has 0 saturated carbocycles. The molecule has 0 atom stereocenters. The molecule has 7 heteroatoms. The van der Waals surface area contributed by atoms with Gasteiger partial charge in [-0.3, -0.25) is 0 Å². The first-order valence-corrected chi connectivity index (χ1v) is 10.9. The van der Waals surface area contributed by atoms with Gasteiger partial charge in [-0.25, -0.2) is 9.07 Å². The Morgan fingerprint density at radius 2 is 1.84 bits per heavy atom. The Hall–Kier alpha value is -3.48. The SMILES string of the molecule is CCOc1ccc(-n2nc3c(N(C)CCCc4ccccc4)nnc(C)c3c2C)c(F)c1. The summed E-state index contributed by atoms with van der Waals surface area (Å²) in [5.41, 5.74) is 4.02. The van der Waals surface area contributed by atoms with E-state index >= 15 is 0 Å². The van der Waals surface area contributed by atoms with Crippen molar-refractivity contribution in [1.82, 2.24) is 20.0 Å². The number of aryl methyl sites for hydroxylation is 3. The minimum atomic E-state index is -0.386. The topological polar surface area (TPSA) is 56.1 Å². The molecule has 4 rings (SSSR count). The maximum absolute atomic E-state index is 14.9. The second-order valence-corrected chi connectivity index (χ2v) is 7.89. The quantitative estimate of drug-likeness (QED) is 0.390. The third-order valence-electron chi connectivity index (χ3n) is 5.61. The molecule has 2 aromatic carbocycles. The van der Waals surface area contributed by atoms with Crippen LogP contribution in [0.4, 0.5) is 10.2 Å². The van der Waals surface area contributed by atoms with Gasteiger partial charge in [0.25, 0.3) is 0 Å². The lowest BCUT2D eigenvalue weighted by Gasteiger charge is -2.18. The molecular formula is C25H28FN5O. The summed E-state index contributed by atoms with van der Waals surface area (Å²) in [7, 11) is 2.00. The fraction of sp³-hybridized carbons (Fsp3) is 0.320. The molecule has 6 nitrogen and oxygen atoms in total. The number of nitrogens with zero attached hydrogens (tertiary/aromatic N) is 5. The van der Waals surface area contributed by atoms with Gasteiger partial charge in [-0.1, -0.05) is 30.3 Å². The zero-order valence-electron chi connectivity index (χ0n) is 19.0. The lowest BCUT2D eigenvalue weighted by Crippen LogP contribution is -2.21. The van der Waals surface area contributed by atoms with Crippen molar-refractivity contribution >= 4 is 16.7 Å². The van der Waals surface area contributed by atoms with Crippen LogP contribution in [-0.4, -0.2) is 40.2 Å². The molecule has 2 heterocycles. The fourth-order valence-corrected chi connectivity index (χ4v) is 3.99. The molecule has 0 saturated heterocycles. The van der Waals surface area contributed by atoms with Gasteiger partial charge in [0.1, 0.15) is 17.0 Å². The molecule has 0 fully saturated rings. The summed E-state index contributed by atoms with van der Waals surface area (Å²) in [6.45, 7) is 7.00. The maximum Gasteiger partial charge on any atom is 0.179 e. The number of rotatable bonds is 8. The van der Waals surface area contributed by atoms with Crippen LogP contribution < -0.4 is 9.64 Å². The number of benzene rings is 2. The number of fused-ring (bicyclic) bond motifs is 1. The first kappa shape index (κ1) is 21.7. The minimum absolute atomic E-state index is 0.374. The molecule has 0 unspecified atom stereocenters. The fourth-order valence-electron chi connectivity index (χ4n) is 3.99. The molecule has 166 valence electrons. The van der Waals surface area contributed by atoms with Crippen LogP contribution >= 0.6 is 0 Å². The third-order valence-corrected chi connectivity index (χ3v) is 5.61. The molecule has 32 heavy (non-hydrogen) atoms. The predicted octanol–water partition coefficient (Wildman–Crippen LogP) is 5.04. The summed E-state index contributed by atoms with van der Waals surface area (Å²) in [5, 5.41) is 14.5. The van der Waals surface area contributed by atoms with E-state index in [1.54, 1.807) is 16.8 Å². The Morgan fingerprint density at radius 3 is 2.56 bits per heavy atom. The summed E-state index contributed by atoms with van der Waals surface area (Å²) in [4.78, 5) is 2.07. The Morgan fingerprint density at radius 1 is 1.06 bits per heavy atom. The zero-order chi connectivity index (χ0) is 22.7. The summed E-state index contributed by atoms with van der Waals surface area (Å²) in [6, 6.07) is 15.3. The van der Waals surface area contributed by atoms with Crippen LogP contribution in [-0.2, 0) is 6.42 Å². The van der Waals surface area contributed by atoms with Gasteiger partial charge < -0.3 is 9.64 Å². The minimum Gasteiger partial charge on any atom is -0.494 e. The highest BCUT2D eigenvalue weighted by molar-refractivity contribution is 5.92. The molecule has 2 aromatic heterocycles. The van der Waals surface area contributed by atoms with Crippen molar-refractivity contribution in [1.29, 1.82) is 0 Å². The van der Waals surface area contributed by atoms with E-state index in [1.807, 2.05) is 33.9 Å². The van der Waals surface area contributed by atoms with E-state index in [0.717, 1.165) is 41.7 Å². The second-order valence-electron chi connectivity index (χ2n) is 7.89. The van der Waals surface area contributed by atoms with Gasteiger partial charge in [0.2, 0.25) is 0 Å². The van der Waals surface area contributed by atoms with E-state index < -0.39 is 0 Å². The molecule has 0 aliphatic rings.